The molecule has 0 aliphatic carbocycles. The van der Waals surface area contributed by atoms with Crippen molar-refractivity contribution in [1.82, 2.24) is 25.1 Å². The van der Waals surface area contributed by atoms with E-state index in [-0.39, 0.29) is 30.3 Å². The third kappa shape index (κ3) is 4.42. The second kappa shape index (κ2) is 8.38. The normalized spacial score (nSPS) is 18.1. The summed E-state index contributed by atoms with van der Waals surface area (Å²) < 4.78 is 0. The first-order valence-corrected chi connectivity index (χ1v) is 9.79. The van der Waals surface area contributed by atoms with Crippen molar-refractivity contribution in [2.24, 2.45) is 0 Å². The molecule has 2 aromatic rings. The van der Waals surface area contributed by atoms with Crippen LogP contribution in [0.5, 0.6) is 0 Å². The van der Waals surface area contributed by atoms with E-state index in [1.165, 1.54) is 6.33 Å². The maximum atomic E-state index is 12.4. The van der Waals surface area contributed by atoms with Crippen molar-refractivity contribution in [3.05, 3.63) is 59.7 Å². The number of nitrogens with one attached hydrogen (secondary N) is 1. The Morgan fingerprint density at radius 3 is 2.86 bits per heavy atom. The number of amides is 3. The molecule has 8 heteroatoms. The van der Waals surface area contributed by atoms with Gasteiger partial charge in [-0.3, -0.25) is 14.4 Å². The highest BCUT2D eigenvalue weighted by Gasteiger charge is 2.31. The standard InChI is InChI=1S/C21H23N5O3/c27-19(13-26-11-15-3-1-2-4-18(15)21(26)29)24-17-8-10-25(12-17)20(28)6-5-16-7-9-22-14-23-16/h1-4,7,9,14,17H,5-6,8,10-13H2,(H,24,27). The molecule has 2 aliphatic heterocycles. The summed E-state index contributed by atoms with van der Waals surface area (Å²) in [6.45, 7) is 1.62. The van der Waals surface area contributed by atoms with Crippen molar-refractivity contribution in [3.8, 4) is 0 Å². The molecule has 8 nitrogen and oxygen atoms in total. The molecule has 1 aromatic heterocycles. The van der Waals surface area contributed by atoms with Crippen LogP contribution in [0.15, 0.2) is 42.9 Å². The van der Waals surface area contributed by atoms with Crippen LogP contribution in [0.3, 0.4) is 0 Å². The minimum Gasteiger partial charge on any atom is -0.350 e. The number of hydrogen-bond acceptors (Lipinski definition) is 5. The number of hydrogen-bond donors (Lipinski definition) is 1. The first-order chi connectivity index (χ1) is 14.1. The fourth-order valence-electron chi connectivity index (χ4n) is 3.85. The van der Waals surface area contributed by atoms with E-state index < -0.39 is 0 Å². The van der Waals surface area contributed by atoms with Gasteiger partial charge in [0.25, 0.3) is 5.91 Å². The van der Waals surface area contributed by atoms with E-state index in [0.717, 1.165) is 17.7 Å². The molecule has 1 saturated heterocycles. The van der Waals surface area contributed by atoms with Gasteiger partial charge in [-0.25, -0.2) is 9.97 Å². The Hall–Kier alpha value is -3.29. The number of fused-ring (bicyclic) bond motifs is 1. The van der Waals surface area contributed by atoms with Crippen LogP contribution < -0.4 is 5.32 Å². The van der Waals surface area contributed by atoms with E-state index >= 15 is 0 Å². The molecule has 0 radical (unpaired) electrons. The third-order valence-electron chi connectivity index (χ3n) is 5.37. The molecule has 1 N–H and O–H groups in total. The van der Waals surface area contributed by atoms with Crippen LogP contribution in [0, 0.1) is 0 Å². The van der Waals surface area contributed by atoms with Crippen LogP contribution in [-0.2, 0) is 22.6 Å². The molecular formula is C21H23N5O3. The van der Waals surface area contributed by atoms with Crippen LogP contribution >= 0.6 is 0 Å². The fourth-order valence-corrected chi connectivity index (χ4v) is 3.85. The molecule has 3 amide bonds. The molecule has 1 atom stereocenters. The summed E-state index contributed by atoms with van der Waals surface area (Å²) in [5.74, 6) is -0.235. The molecule has 150 valence electrons. The van der Waals surface area contributed by atoms with Crippen molar-refractivity contribution in [2.45, 2.75) is 31.8 Å². The minimum absolute atomic E-state index is 0.0334. The zero-order chi connectivity index (χ0) is 20.2. The smallest absolute Gasteiger partial charge is 0.254 e. The lowest BCUT2D eigenvalue weighted by molar-refractivity contribution is -0.130. The van der Waals surface area contributed by atoms with Crippen LogP contribution in [0.25, 0.3) is 0 Å². The van der Waals surface area contributed by atoms with Gasteiger partial charge in [0.2, 0.25) is 11.8 Å². The van der Waals surface area contributed by atoms with E-state index in [1.807, 2.05) is 18.2 Å². The number of carbonyl (C=O) groups is 3. The number of carbonyl (C=O) groups excluding carboxylic acids is 3. The van der Waals surface area contributed by atoms with Gasteiger partial charge in [0, 0.05) is 49.6 Å². The largest absolute Gasteiger partial charge is 0.350 e. The summed E-state index contributed by atoms with van der Waals surface area (Å²) in [4.78, 5) is 48.6. The fraction of sp³-hybridized carbons (Fsp3) is 0.381. The molecule has 3 heterocycles. The maximum Gasteiger partial charge on any atom is 0.254 e. The Kier molecular flexibility index (Phi) is 5.50. The van der Waals surface area contributed by atoms with E-state index in [9.17, 15) is 14.4 Å². The van der Waals surface area contributed by atoms with E-state index in [1.54, 1.807) is 28.1 Å². The van der Waals surface area contributed by atoms with E-state index in [0.29, 0.717) is 38.0 Å². The summed E-state index contributed by atoms with van der Waals surface area (Å²) in [5.41, 5.74) is 2.46. The lowest BCUT2D eigenvalue weighted by Crippen LogP contribution is -2.43. The number of aromatic nitrogens is 2. The first kappa shape index (κ1) is 19.0. The van der Waals surface area contributed by atoms with Crippen LogP contribution in [0.2, 0.25) is 0 Å². The van der Waals surface area contributed by atoms with Crippen molar-refractivity contribution in [1.29, 1.82) is 0 Å². The zero-order valence-corrected chi connectivity index (χ0v) is 16.1. The quantitative estimate of drug-likeness (QED) is 0.783. The Morgan fingerprint density at radius 2 is 2.07 bits per heavy atom. The highest BCUT2D eigenvalue weighted by molar-refractivity contribution is 6.00. The SMILES string of the molecule is O=C(CN1Cc2ccccc2C1=O)NC1CCN(C(=O)CCc2ccncn2)C1. The Bertz CT molecular complexity index is 918. The number of likely N-dealkylation sites (tertiary alicyclic amines) is 1. The molecule has 0 spiro atoms. The summed E-state index contributed by atoms with van der Waals surface area (Å²) in [6, 6.07) is 9.15. The third-order valence-corrected chi connectivity index (χ3v) is 5.37. The Labute approximate surface area is 168 Å². The van der Waals surface area contributed by atoms with E-state index in [4.69, 9.17) is 0 Å². The molecule has 1 unspecified atom stereocenters. The molecular weight excluding hydrogens is 370 g/mol. The highest BCUT2D eigenvalue weighted by atomic mass is 16.2. The van der Waals surface area contributed by atoms with Crippen LogP contribution in [0.4, 0.5) is 0 Å². The van der Waals surface area contributed by atoms with Crippen LogP contribution in [-0.4, -0.2) is 63.2 Å². The second-order valence-corrected chi connectivity index (χ2v) is 7.41. The molecule has 2 aliphatic rings. The monoisotopic (exact) mass is 393 g/mol. The number of rotatable bonds is 6. The second-order valence-electron chi connectivity index (χ2n) is 7.41. The Balaban J connectivity index is 1.22. The van der Waals surface area contributed by atoms with Gasteiger partial charge in [-0.15, -0.1) is 0 Å². The molecule has 0 saturated carbocycles. The predicted octanol–water partition coefficient (Wildman–Crippen LogP) is 0.782. The topological polar surface area (TPSA) is 95.5 Å². The van der Waals surface area contributed by atoms with Crippen molar-refractivity contribution >= 4 is 17.7 Å². The molecule has 1 fully saturated rings. The predicted molar refractivity (Wildman–Crippen MR) is 105 cm³/mol. The van der Waals surface area contributed by atoms with Gasteiger partial charge in [-0.1, -0.05) is 18.2 Å². The lowest BCUT2D eigenvalue weighted by atomic mass is 10.1. The number of benzene rings is 1. The van der Waals surface area contributed by atoms with Crippen molar-refractivity contribution in [2.75, 3.05) is 19.6 Å². The number of aryl methyl sites for hydroxylation is 1. The van der Waals surface area contributed by atoms with Crippen molar-refractivity contribution in [3.63, 3.8) is 0 Å². The average Bonchev–Trinajstić information content (AvgIpc) is 3.32. The molecule has 29 heavy (non-hydrogen) atoms. The van der Waals surface area contributed by atoms with Crippen LogP contribution in [0.1, 0.15) is 34.5 Å². The summed E-state index contributed by atoms with van der Waals surface area (Å²) in [7, 11) is 0. The lowest BCUT2D eigenvalue weighted by Gasteiger charge is -2.19. The summed E-state index contributed by atoms with van der Waals surface area (Å²) in [5, 5.41) is 2.96. The van der Waals surface area contributed by atoms with Gasteiger partial charge in [-0.2, -0.15) is 0 Å². The minimum atomic E-state index is -0.188. The molecule has 1 aromatic carbocycles. The maximum absolute atomic E-state index is 12.4. The zero-order valence-electron chi connectivity index (χ0n) is 16.1. The van der Waals surface area contributed by atoms with Gasteiger partial charge < -0.3 is 15.1 Å². The van der Waals surface area contributed by atoms with Gasteiger partial charge in [0.1, 0.15) is 12.9 Å². The van der Waals surface area contributed by atoms with Gasteiger partial charge in [-0.05, 0) is 30.5 Å². The van der Waals surface area contributed by atoms with E-state index in [2.05, 4.69) is 15.3 Å². The van der Waals surface area contributed by atoms with Gasteiger partial charge in [0.15, 0.2) is 0 Å². The van der Waals surface area contributed by atoms with Gasteiger partial charge >= 0.3 is 0 Å². The first-order valence-electron chi connectivity index (χ1n) is 9.79. The van der Waals surface area contributed by atoms with Gasteiger partial charge in [0.05, 0.1) is 0 Å². The van der Waals surface area contributed by atoms with Crippen molar-refractivity contribution < 1.29 is 14.4 Å². The Morgan fingerprint density at radius 1 is 1.21 bits per heavy atom. The summed E-state index contributed by atoms with van der Waals surface area (Å²) in [6.07, 6.45) is 4.83. The molecule has 4 rings (SSSR count). The summed E-state index contributed by atoms with van der Waals surface area (Å²) >= 11 is 0. The highest BCUT2D eigenvalue weighted by Crippen LogP contribution is 2.22. The molecule has 0 bridgehead atoms. The number of nitrogens with zero attached hydrogens (tertiary/aromatic N) is 4. The average molecular weight is 393 g/mol.